The van der Waals surface area contributed by atoms with Gasteiger partial charge in [-0.15, -0.1) is 0 Å². The largest absolute Gasteiger partial charge is 0.477 e. The van der Waals surface area contributed by atoms with E-state index in [0.717, 1.165) is 27.6 Å². The zero-order valence-electron chi connectivity index (χ0n) is 13.6. The van der Waals surface area contributed by atoms with E-state index in [1.807, 2.05) is 49.4 Å². The number of aryl methyl sites for hydroxylation is 2. The van der Waals surface area contributed by atoms with E-state index >= 15 is 0 Å². The molecule has 1 aromatic heterocycles. The van der Waals surface area contributed by atoms with Gasteiger partial charge in [-0.2, -0.15) is 0 Å². The number of carbonyl (C=O) groups is 1. The highest BCUT2D eigenvalue weighted by Gasteiger charge is 2.20. The third-order valence-corrected chi connectivity index (χ3v) is 4.42. The Labute approximate surface area is 145 Å². The maximum absolute atomic E-state index is 11.7. The zero-order valence-corrected chi connectivity index (χ0v) is 14.4. The summed E-state index contributed by atoms with van der Waals surface area (Å²) in [5.41, 5.74) is 4.25. The van der Waals surface area contributed by atoms with Crippen LogP contribution < -0.4 is 5.32 Å². The molecular weight excluding hydrogens is 324 g/mol. The number of nitrogens with one attached hydrogen (secondary N) is 1. The first-order chi connectivity index (χ1) is 11.5. The minimum Gasteiger partial charge on any atom is -0.477 e. The van der Waals surface area contributed by atoms with Crippen LogP contribution in [0.25, 0.3) is 10.9 Å². The van der Waals surface area contributed by atoms with Gasteiger partial charge >= 0.3 is 5.97 Å². The minimum atomic E-state index is -0.911. The lowest BCUT2D eigenvalue weighted by molar-refractivity contribution is 0.0685. The topological polar surface area (TPSA) is 54.3 Å². The second-order valence-electron chi connectivity index (χ2n) is 5.95. The normalized spacial score (nSPS) is 11.1. The Morgan fingerprint density at radius 2 is 2.00 bits per heavy atom. The lowest BCUT2D eigenvalue weighted by atomic mass is 10.1. The van der Waals surface area contributed by atoms with Gasteiger partial charge in [-0.05, 0) is 36.2 Å². The summed E-state index contributed by atoms with van der Waals surface area (Å²) in [5, 5.41) is 14.6. The van der Waals surface area contributed by atoms with E-state index in [1.165, 1.54) is 0 Å². The molecule has 5 heteroatoms. The molecule has 0 aliphatic carbocycles. The van der Waals surface area contributed by atoms with Gasteiger partial charge in [0.1, 0.15) is 5.69 Å². The molecule has 24 heavy (non-hydrogen) atoms. The van der Waals surface area contributed by atoms with E-state index in [0.29, 0.717) is 23.8 Å². The third-order valence-electron chi connectivity index (χ3n) is 4.18. The quantitative estimate of drug-likeness (QED) is 0.733. The van der Waals surface area contributed by atoms with Crippen molar-refractivity contribution in [2.24, 2.45) is 7.05 Å². The molecule has 0 aliphatic heterocycles. The Hall–Kier alpha value is -2.30. The van der Waals surface area contributed by atoms with Gasteiger partial charge in [-0.25, -0.2) is 4.79 Å². The molecule has 0 bridgehead atoms. The minimum absolute atomic E-state index is 0.328. The molecule has 0 amide bonds. The van der Waals surface area contributed by atoms with Crippen LogP contribution in [0.4, 0.5) is 0 Å². The molecule has 0 saturated carbocycles. The summed E-state index contributed by atoms with van der Waals surface area (Å²) in [7, 11) is 1.80. The second-order valence-corrected chi connectivity index (χ2v) is 6.38. The van der Waals surface area contributed by atoms with Gasteiger partial charge in [0.15, 0.2) is 0 Å². The highest BCUT2D eigenvalue weighted by molar-refractivity contribution is 6.30. The van der Waals surface area contributed by atoms with Gasteiger partial charge in [0.25, 0.3) is 0 Å². The number of aromatic nitrogens is 1. The smallest absolute Gasteiger partial charge is 0.352 e. The fourth-order valence-electron chi connectivity index (χ4n) is 3.06. The maximum Gasteiger partial charge on any atom is 0.352 e. The molecule has 0 radical (unpaired) electrons. The highest BCUT2D eigenvalue weighted by Crippen LogP contribution is 2.26. The number of nitrogens with zero attached hydrogens (tertiary/aromatic N) is 1. The average Bonchev–Trinajstić information content (AvgIpc) is 2.80. The molecule has 0 aliphatic rings. The average molecular weight is 343 g/mol. The molecule has 124 valence electrons. The van der Waals surface area contributed by atoms with Crippen molar-refractivity contribution in [2.75, 3.05) is 0 Å². The molecule has 3 aromatic rings. The monoisotopic (exact) mass is 342 g/mol. The summed E-state index contributed by atoms with van der Waals surface area (Å²) < 4.78 is 1.75. The van der Waals surface area contributed by atoms with E-state index in [2.05, 4.69) is 5.32 Å². The van der Waals surface area contributed by atoms with Crippen LogP contribution in [0, 0.1) is 6.92 Å². The van der Waals surface area contributed by atoms with Crippen molar-refractivity contribution in [2.45, 2.75) is 20.0 Å². The van der Waals surface area contributed by atoms with E-state index in [4.69, 9.17) is 11.6 Å². The van der Waals surface area contributed by atoms with Crippen molar-refractivity contribution < 1.29 is 9.90 Å². The predicted octanol–water partition coefficient (Wildman–Crippen LogP) is 4.13. The van der Waals surface area contributed by atoms with Crippen molar-refractivity contribution in [3.63, 3.8) is 0 Å². The number of halogens is 1. The molecule has 2 N–H and O–H groups in total. The van der Waals surface area contributed by atoms with Gasteiger partial charge in [0, 0.05) is 41.6 Å². The van der Waals surface area contributed by atoms with Crippen molar-refractivity contribution in [1.29, 1.82) is 0 Å². The number of benzene rings is 2. The Kier molecular flexibility index (Phi) is 4.60. The molecule has 0 unspecified atom stereocenters. The molecule has 1 heterocycles. The number of rotatable bonds is 5. The SMILES string of the molecule is Cc1ccc2c(CNCc3cccc(Cl)c3)c(C(=O)O)n(C)c2c1. The van der Waals surface area contributed by atoms with Gasteiger partial charge in [-0.1, -0.05) is 35.9 Å². The lowest BCUT2D eigenvalue weighted by Gasteiger charge is -2.07. The number of hydrogen-bond acceptors (Lipinski definition) is 2. The zero-order chi connectivity index (χ0) is 17.3. The Bertz CT molecular complexity index is 915. The van der Waals surface area contributed by atoms with Crippen LogP contribution >= 0.6 is 11.6 Å². The van der Waals surface area contributed by atoms with Gasteiger partial charge in [0.05, 0.1) is 0 Å². The fraction of sp³-hybridized carbons (Fsp3) is 0.211. The van der Waals surface area contributed by atoms with Crippen molar-refractivity contribution in [1.82, 2.24) is 9.88 Å². The van der Waals surface area contributed by atoms with Crippen LogP contribution in [0.2, 0.25) is 5.02 Å². The molecule has 0 fully saturated rings. The number of carboxylic acid groups (broad SMARTS) is 1. The van der Waals surface area contributed by atoms with Crippen LogP contribution in [0.3, 0.4) is 0 Å². The van der Waals surface area contributed by atoms with Crippen molar-refractivity contribution in [3.8, 4) is 0 Å². The van der Waals surface area contributed by atoms with Crippen LogP contribution in [0.5, 0.6) is 0 Å². The van der Waals surface area contributed by atoms with Crippen LogP contribution in [-0.4, -0.2) is 15.6 Å². The first-order valence-corrected chi connectivity index (χ1v) is 8.11. The summed E-state index contributed by atoms with van der Waals surface area (Å²) in [4.78, 5) is 11.7. The summed E-state index contributed by atoms with van der Waals surface area (Å²) in [6.45, 7) is 3.11. The third kappa shape index (κ3) is 3.16. The molecular formula is C19H19ClN2O2. The number of carboxylic acids is 1. The predicted molar refractivity (Wildman–Crippen MR) is 96.6 cm³/mol. The molecule has 2 aromatic carbocycles. The molecule has 0 atom stereocenters. The summed E-state index contributed by atoms with van der Waals surface area (Å²) in [5.74, 6) is -0.911. The number of aromatic carboxylic acids is 1. The van der Waals surface area contributed by atoms with Crippen LogP contribution in [-0.2, 0) is 20.1 Å². The first-order valence-electron chi connectivity index (χ1n) is 7.73. The summed E-state index contributed by atoms with van der Waals surface area (Å²) in [6, 6.07) is 13.6. The summed E-state index contributed by atoms with van der Waals surface area (Å²) in [6.07, 6.45) is 0. The van der Waals surface area contributed by atoms with Gasteiger partial charge in [0.2, 0.25) is 0 Å². The van der Waals surface area contributed by atoms with Crippen molar-refractivity contribution in [3.05, 3.63) is 69.9 Å². The number of hydrogen-bond donors (Lipinski definition) is 2. The van der Waals surface area contributed by atoms with E-state index in [-0.39, 0.29) is 0 Å². The Balaban J connectivity index is 1.90. The van der Waals surface area contributed by atoms with Gasteiger partial charge < -0.3 is 15.0 Å². The van der Waals surface area contributed by atoms with E-state index in [1.54, 1.807) is 11.6 Å². The van der Waals surface area contributed by atoms with Gasteiger partial charge in [-0.3, -0.25) is 0 Å². The van der Waals surface area contributed by atoms with Crippen LogP contribution in [0.15, 0.2) is 42.5 Å². The second kappa shape index (κ2) is 6.67. The standard InChI is InChI=1S/C19H19ClN2O2/c1-12-6-7-15-16(18(19(23)24)22(2)17(15)8-12)11-21-10-13-4-3-5-14(20)9-13/h3-9,21H,10-11H2,1-2H3,(H,23,24). The molecule has 0 saturated heterocycles. The fourth-order valence-corrected chi connectivity index (χ4v) is 3.27. The summed E-state index contributed by atoms with van der Waals surface area (Å²) >= 11 is 5.99. The Morgan fingerprint density at radius 3 is 2.71 bits per heavy atom. The first kappa shape index (κ1) is 16.6. The molecule has 4 nitrogen and oxygen atoms in total. The van der Waals surface area contributed by atoms with E-state index in [9.17, 15) is 9.90 Å². The van der Waals surface area contributed by atoms with Crippen LogP contribution in [0.1, 0.15) is 27.2 Å². The Morgan fingerprint density at radius 1 is 1.21 bits per heavy atom. The molecule has 3 rings (SSSR count). The van der Waals surface area contributed by atoms with E-state index < -0.39 is 5.97 Å². The molecule has 0 spiro atoms. The highest BCUT2D eigenvalue weighted by atomic mass is 35.5. The number of fused-ring (bicyclic) bond motifs is 1. The lowest BCUT2D eigenvalue weighted by Crippen LogP contribution is -2.16. The van der Waals surface area contributed by atoms with Crippen molar-refractivity contribution >= 4 is 28.5 Å². The maximum atomic E-state index is 11.7.